The first-order chi connectivity index (χ1) is 13.2. The minimum atomic E-state index is -0.112. The monoisotopic (exact) mass is 377 g/mol. The van der Waals surface area contributed by atoms with Gasteiger partial charge in [0.05, 0.1) is 0 Å². The zero-order chi connectivity index (χ0) is 18.6. The molecule has 1 aliphatic rings. The molecule has 0 saturated carbocycles. The molecule has 1 aliphatic heterocycles. The van der Waals surface area contributed by atoms with Crippen molar-refractivity contribution < 1.29 is 4.79 Å². The second-order valence-electron chi connectivity index (χ2n) is 6.60. The van der Waals surface area contributed by atoms with E-state index in [1.807, 2.05) is 36.4 Å². The van der Waals surface area contributed by atoms with Crippen molar-refractivity contribution in [3.63, 3.8) is 0 Å². The fourth-order valence-corrected chi connectivity index (χ4v) is 3.49. The summed E-state index contributed by atoms with van der Waals surface area (Å²) in [5, 5.41) is 3.64. The SMILES string of the molecule is O=C(NCc1ccc(Cl)cc1)c1ccnc(N2CCCc3ccccc32)c1. The topological polar surface area (TPSA) is 45.2 Å². The van der Waals surface area contributed by atoms with Crippen LogP contribution in [0.25, 0.3) is 0 Å². The molecule has 0 atom stereocenters. The van der Waals surface area contributed by atoms with Crippen LogP contribution in [-0.4, -0.2) is 17.4 Å². The first-order valence-electron chi connectivity index (χ1n) is 9.05. The predicted molar refractivity (Wildman–Crippen MR) is 109 cm³/mol. The number of aromatic nitrogens is 1. The van der Waals surface area contributed by atoms with E-state index in [2.05, 4.69) is 33.4 Å². The Morgan fingerprint density at radius 3 is 2.78 bits per heavy atom. The third-order valence-electron chi connectivity index (χ3n) is 4.76. The van der Waals surface area contributed by atoms with E-state index in [9.17, 15) is 4.79 Å². The number of para-hydroxylation sites is 1. The highest BCUT2D eigenvalue weighted by Crippen LogP contribution is 2.32. The molecule has 27 heavy (non-hydrogen) atoms. The van der Waals surface area contributed by atoms with E-state index in [-0.39, 0.29) is 5.91 Å². The highest BCUT2D eigenvalue weighted by Gasteiger charge is 2.19. The molecule has 1 N–H and O–H groups in total. The minimum Gasteiger partial charge on any atom is -0.348 e. The molecule has 5 heteroatoms. The first-order valence-corrected chi connectivity index (χ1v) is 9.43. The third-order valence-corrected chi connectivity index (χ3v) is 5.01. The van der Waals surface area contributed by atoms with Crippen molar-refractivity contribution in [3.05, 3.63) is 88.6 Å². The maximum atomic E-state index is 12.6. The largest absolute Gasteiger partial charge is 0.348 e. The van der Waals surface area contributed by atoms with Gasteiger partial charge >= 0.3 is 0 Å². The van der Waals surface area contributed by atoms with Gasteiger partial charge in [0.15, 0.2) is 0 Å². The number of pyridine rings is 1. The molecule has 0 spiro atoms. The fourth-order valence-electron chi connectivity index (χ4n) is 3.37. The molecule has 2 heterocycles. The van der Waals surface area contributed by atoms with Gasteiger partial charge in [-0.3, -0.25) is 4.79 Å². The summed E-state index contributed by atoms with van der Waals surface area (Å²) in [7, 11) is 0. The van der Waals surface area contributed by atoms with E-state index < -0.39 is 0 Å². The Hall–Kier alpha value is -2.85. The highest BCUT2D eigenvalue weighted by molar-refractivity contribution is 6.30. The van der Waals surface area contributed by atoms with Crippen molar-refractivity contribution in [1.82, 2.24) is 10.3 Å². The quantitative estimate of drug-likeness (QED) is 0.713. The van der Waals surface area contributed by atoms with Gasteiger partial charge in [-0.2, -0.15) is 0 Å². The lowest BCUT2D eigenvalue weighted by Crippen LogP contribution is -2.26. The van der Waals surface area contributed by atoms with E-state index in [1.54, 1.807) is 12.3 Å². The summed E-state index contributed by atoms with van der Waals surface area (Å²) in [4.78, 5) is 19.3. The molecule has 2 aromatic carbocycles. The highest BCUT2D eigenvalue weighted by atomic mass is 35.5. The standard InChI is InChI=1S/C22H20ClN3O/c23-19-9-7-16(8-10-19)15-25-22(27)18-11-12-24-21(14-18)26-13-3-5-17-4-1-2-6-20(17)26/h1-2,4,6-12,14H,3,5,13,15H2,(H,25,27). The van der Waals surface area contributed by atoms with Gasteiger partial charge in [0.2, 0.25) is 0 Å². The maximum Gasteiger partial charge on any atom is 0.251 e. The average molecular weight is 378 g/mol. The van der Waals surface area contributed by atoms with Crippen LogP contribution < -0.4 is 10.2 Å². The average Bonchev–Trinajstić information content (AvgIpc) is 2.73. The molecule has 0 unspecified atom stereocenters. The minimum absolute atomic E-state index is 0.112. The number of hydrogen-bond donors (Lipinski definition) is 1. The van der Waals surface area contributed by atoms with Crippen LogP contribution in [0, 0.1) is 0 Å². The van der Waals surface area contributed by atoms with Crippen molar-refractivity contribution in [2.24, 2.45) is 0 Å². The Morgan fingerprint density at radius 2 is 1.93 bits per heavy atom. The van der Waals surface area contributed by atoms with Crippen LogP contribution in [0.5, 0.6) is 0 Å². The molecule has 0 saturated heterocycles. The lowest BCUT2D eigenvalue weighted by atomic mass is 10.0. The number of amides is 1. The number of nitrogens with zero attached hydrogens (tertiary/aromatic N) is 2. The van der Waals surface area contributed by atoms with E-state index in [0.717, 1.165) is 30.8 Å². The molecule has 1 amide bonds. The van der Waals surface area contributed by atoms with Gasteiger partial charge in [-0.15, -0.1) is 0 Å². The van der Waals surface area contributed by atoms with Crippen molar-refractivity contribution in [1.29, 1.82) is 0 Å². The number of nitrogens with one attached hydrogen (secondary N) is 1. The second-order valence-corrected chi connectivity index (χ2v) is 7.03. The normalized spacial score (nSPS) is 13.1. The van der Waals surface area contributed by atoms with Crippen LogP contribution in [0.3, 0.4) is 0 Å². The van der Waals surface area contributed by atoms with Gasteiger partial charge in [-0.25, -0.2) is 4.98 Å². The number of rotatable bonds is 4. The summed E-state index contributed by atoms with van der Waals surface area (Å²) in [6.07, 6.45) is 3.85. The van der Waals surface area contributed by atoms with Crippen molar-refractivity contribution >= 4 is 29.0 Å². The van der Waals surface area contributed by atoms with Gasteiger partial charge in [-0.05, 0) is 54.3 Å². The Balaban J connectivity index is 1.51. The van der Waals surface area contributed by atoms with Crippen LogP contribution in [0.1, 0.15) is 27.9 Å². The van der Waals surface area contributed by atoms with Gasteiger partial charge in [-0.1, -0.05) is 41.9 Å². The Labute approximate surface area is 163 Å². The third kappa shape index (κ3) is 3.96. The van der Waals surface area contributed by atoms with Gasteiger partial charge in [0.1, 0.15) is 5.82 Å². The van der Waals surface area contributed by atoms with Crippen LogP contribution in [0.15, 0.2) is 66.9 Å². The summed E-state index contributed by atoms with van der Waals surface area (Å²) in [6.45, 7) is 1.36. The van der Waals surface area contributed by atoms with Crippen molar-refractivity contribution in [2.45, 2.75) is 19.4 Å². The molecule has 0 bridgehead atoms. The fraction of sp³-hybridized carbons (Fsp3) is 0.182. The van der Waals surface area contributed by atoms with E-state index in [0.29, 0.717) is 17.1 Å². The summed E-state index contributed by atoms with van der Waals surface area (Å²) in [5.41, 5.74) is 4.11. The smallest absolute Gasteiger partial charge is 0.251 e. The molecule has 0 fully saturated rings. The number of fused-ring (bicyclic) bond motifs is 1. The van der Waals surface area contributed by atoms with Crippen molar-refractivity contribution in [2.75, 3.05) is 11.4 Å². The van der Waals surface area contributed by atoms with Gasteiger partial charge in [0, 0.05) is 35.6 Å². The molecule has 136 valence electrons. The Kier molecular flexibility index (Phi) is 5.07. The van der Waals surface area contributed by atoms with Crippen LogP contribution >= 0.6 is 11.6 Å². The van der Waals surface area contributed by atoms with E-state index in [1.165, 1.54) is 11.3 Å². The first kappa shape index (κ1) is 17.6. The van der Waals surface area contributed by atoms with Crippen LogP contribution in [0.2, 0.25) is 5.02 Å². The number of carbonyl (C=O) groups is 1. The Morgan fingerprint density at radius 1 is 1.11 bits per heavy atom. The maximum absolute atomic E-state index is 12.6. The lowest BCUT2D eigenvalue weighted by molar-refractivity contribution is 0.0951. The summed E-state index contributed by atoms with van der Waals surface area (Å²) in [5.74, 6) is 0.695. The molecule has 3 aromatic rings. The zero-order valence-corrected chi connectivity index (χ0v) is 15.6. The van der Waals surface area contributed by atoms with Crippen molar-refractivity contribution in [3.8, 4) is 0 Å². The predicted octanol–water partition coefficient (Wildman–Crippen LogP) is 4.75. The van der Waals surface area contributed by atoms with Gasteiger partial charge in [0.25, 0.3) is 5.91 Å². The lowest BCUT2D eigenvalue weighted by Gasteiger charge is -2.30. The molecule has 0 aliphatic carbocycles. The number of benzene rings is 2. The van der Waals surface area contributed by atoms with E-state index >= 15 is 0 Å². The Bertz CT molecular complexity index is 956. The summed E-state index contributed by atoms with van der Waals surface area (Å²) in [6, 6.07) is 19.4. The van der Waals surface area contributed by atoms with E-state index in [4.69, 9.17) is 11.6 Å². The summed E-state index contributed by atoms with van der Waals surface area (Å²) >= 11 is 5.90. The molecular weight excluding hydrogens is 358 g/mol. The molecular formula is C22H20ClN3O. The second kappa shape index (κ2) is 7.80. The number of halogens is 1. The number of aryl methyl sites for hydroxylation is 1. The number of anilines is 2. The number of carbonyl (C=O) groups excluding carboxylic acids is 1. The molecule has 4 rings (SSSR count). The van der Waals surface area contributed by atoms with Crippen LogP contribution in [0.4, 0.5) is 11.5 Å². The number of hydrogen-bond acceptors (Lipinski definition) is 3. The molecule has 4 nitrogen and oxygen atoms in total. The van der Waals surface area contributed by atoms with Crippen LogP contribution in [-0.2, 0) is 13.0 Å². The summed E-state index contributed by atoms with van der Waals surface area (Å²) < 4.78 is 0. The zero-order valence-electron chi connectivity index (χ0n) is 14.9. The molecule has 1 aromatic heterocycles. The molecule has 0 radical (unpaired) electrons. The van der Waals surface area contributed by atoms with Gasteiger partial charge < -0.3 is 10.2 Å².